The van der Waals surface area contributed by atoms with Gasteiger partial charge >= 0.3 is 0 Å². The van der Waals surface area contributed by atoms with Crippen molar-refractivity contribution in [3.8, 4) is 16.9 Å². The summed E-state index contributed by atoms with van der Waals surface area (Å²) in [5.74, 6) is 0.941. The highest BCUT2D eigenvalue weighted by molar-refractivity contribution is 5.81. The normalized spacial score (nSPS) is 11.0. The van der Waals surface area contributed by atoms with Crippen LogP contribution < -0.4 is 4.74 Å². The third-order valence-corrected chi connectivity index (χ3v) is 3.52. The average Bonchev–Trinajstić information content (AvgIpc) is 2.74. The van der Waals surface area contributed by atoms with Crippen molar-refractivity contribution in [3.05, 3.63) is 47.4 Å². The van der Waals surface area contributed by atoms with E-state index in [1.54, 1.807) is 13.3 Å². The molecule has 1 aromatic carbocycles. The van der Waals surface area contributed by atoms with Crippen molar-refractivity contribution in [3.63, 3.8) is 0 Å². The summed E-state index contributed by atoms with van der Waals surface area (Å²) in [6.07, 6.45) is 3.71. The van der Waals surface area contributed by atoms with Gasteiger partial charge in [0.15, 0.2) is 5.65 Å². The second kappa shape index (κ2) is 4.63. The van der Waals surface area contributed by atoms with Gasteiger partial charge in [-0.2, -0.15) is 5.10 Å². The monoisotopic (exact) mass is 267 g/mol. The van der Waals surface area contributed by atoms with Crippen LogP contribution in [0.1, 0.15) is 16.8 Å². The van der Waals surface area contributed by atoms with Crippen LogP contribution in [0.2, 0.25) is 0 Å². The lowest BCUT2D eigenvalue weighted by Crippen LogP contribution is -1.93. The highest BCUT2D eigenvalue weighted by Gasteiger charge is 2.14. The Labute approximate surface area is 118 Å². The molecule has 20 heavy (non-hydrogen) atoms. The number of rotatable bonds is 2. The lowest BCUT2D eigenvalue weighted by molar-refractivity contribution is 0.408. The van der Waals surface area contributed by atoms with Crippen molar-refractivity contribution in [2.75, 3.05) is 7.11 Å². The number of fused-ring (bicyclic) bond motifs is 1. The van der Waals surface area contributed by atoms with E-state index >= 15 is 0 Å². The first-order chi connectivity index (χ1) is 9.61. The summed E-state index contributed by atoms with van der Waals surface area (Å²) in [5.41, 5.74) is 6.32. The van der Waals surface area contributed by atoms with Gasteiger partial charge in [-0.1, -0.05) is 0 Å². The average molecular weight is 267 g/mol. The maximum atomic E-state index is 5.43. The minimum atomic E-state index is 0.883. The Morgan fingerprint density at radius 2 is 1.80 bits per heavy atom. The van der Waals surface area contributed by atoms with Crippen LogP contribution in [0.25, 0.3) is 16.8 Å². The van der Waals surface area contributed by atoms with Gasteiger partial charge in [0.05, 0.1) is 12.8 Å². The Kier molecular flexibility index (Phi) is 2.93. The van der Waals surface area contributed by atoms with Crippen LogP contribution in [0.15, 0.2) is 30.6 Å². The Morgan fingerprint density at radius 1 is 1.10 bits per heavy atom. The van der Waals surface area contributed by atoms with Gasteiger partial charge in [-0.05, 0) is 55.7 Å². The van der Waals surface area contributed by atoms with Crippen molar-refractivity contribution in [2.24, 2.45) is 0 Å². The molecule has 0 unspecified atom stereocenters. The number of nitrogens with zero attached hydrogens (tertiary/aromatic N) is 3. The van der Waals surface area contributed by atoms with Gasteiger partial charge in [-0.3, -0.25) is 0 Å². The zero-order valence-electron chi connectivity index (χ0n) is 12.1. The molecule has 2 heterocycles. The summed E-state index contributed by atoms with van der Waals surface area (Å²) in [5, 5.41) is 4.51. The molecule has 0 saturated heterocycles. The van der Waals surface area contributed by atoms with E-state index in [-0.39, 0.29) is 0 Å². The molecular weight excluding hydrogens is 250 g/mol. The molecule has 102 valence electrons. The van der Waals surface area contributed by atoms with E-state index in [2.05, 4.69) is 36.1 Å². The molecule has 0 fully saturated rings. The summed E-state index contributed by atoms with van der Waals surface area (Å²) >= 11 is 0. The summed E-state index contributed by atoms with van der Waals surface area (Å²) in [6, 6.07) is 6.14. The van der Waals surface area contributed by atoms with Gasteiger partial charge in [0.25, 0.3) is 0 Å². The van der Waals surface area contributed by atoms with Crippen LogP contribution in [-0.4, -0.2) is 21.7 Å². The molecule has 4 heteroatoms. The lowest BCUT2D eigenvalue weighted by atomic mass is 10.00. The Bertz CT molecular complexity index is 767. The highest BCUT2D eigenvalue weighted by Crippen LogP contribution is 2.33. The van der Waals surface area contributed by atoms with Gasteiger partial charge in [0.2, 0.25) is 0 Å². The standard InChI is InChI=1S/C16H17N3O/c1-10-8-13(9-11(2)15(10)20-4)14-12(3)18-19-7-5-6-17-16(14)19/h5-9H,1-4H3. The first kappa shape index (κ1) is 12.7. The van der Waals surface area contributed by atoms with Crippen LogP contribution in [0.5, 0.6) is 5.75 Å². The SMILES string of the molecule is COc1c(C)cc(-c2c(C)nn3cccnc23)cc1C. The topological polar surface area (TPSA) is 39.4 Å². The third-order valence-electron chi connectivity index (χ3n) is 3.52. The van der Waals surface area contributed by atoms with Crippen LogP contribution in [0.4, 0.5) is 0 Å². The second-order valence-electron chi connectivity index (χ2n) is 4.99. The van der Waals surface area contributed by atoms with E-state index in [0.717, 1.165) is 39.3 Å². The zero-order valence-corrected chi connectivity index (χ0v) is 12.1. The first-order valence-electron chi connectivity index (χ1n) is 6.57. The molecule has 0 N–H and O–H groups in total. The van der Waals surface area contributed by atoms with Gasteiger partial charge in [0.1, 0.15) is 5.75 Å². The Balaban J connectivity index is 2.28. The molecule has 0 radical (unpaired) electrons. The Morgan fingerprint density at radius 3 is 2.45 bits per heavy atom. The third kappa shape index (κ3) is 1.84. The van der Waals surface area contributed by atoms with Gasteiger partial charge in [0, 0.05) is 18.0 Å². The minimum absolute atomic E-state index is 0.883. The van der Waals surface area contributed by atoms with E-state index in [1.165, 1.54) is 0 Å². The van der Waals surface area contributed by atoms with E-state index in [0.29, 0.717) is 0 Å². The molecule has 0 atom stereocenters. The van der Waals surface area contributed by atoms with Crippen molar-refractivity contribution >= 4 is 5.65 Å². The molecule has 0 amide bonds. The van der Waals surface area contributed by atoms with Gasteiger partial charge in [-0.25, -0.2) is 9.50 Å². The molecule has 4 nitrogen and oxygen atoms in total. The number of aromatic nitrogens is 3. The number of methoxy groups -OCH3 is 1. The maximum absolute atomic E-state index is 5.43. The van der Waals surface area contributed by atoms with E-state index in [9.17, 15) is 0 Å². The number of ether oxygens (including phenoxy) is 1. The van der Waals surface area contributed by atoms with Gasteiger partial charge < -0.3 is 4.74 Å². The molecular formula is C16H17N3O. The fraction of sp³-hybridized carbons (Fsp3) is 0.250. The fourth-order valence-corrected chi connectivity index (χ4v) is 2.75. The smallest absolute Gasteiger partial charge is 0.163 e. The number of benzene rings is 1. The Hall–Kier alpha value is -2.36. The molecule has 0 aliphatic rings. The molecule has 0 bridgehead atoms. The molecule has 0 spiro atoms. The van der Waals surface area contributed by atoms with Crippen LogP contribution in [0, 0.1) is 20.8 Å². The highest BCUT2D eigenvalue weighted by atomic mass is 16.5. The maximum Gasteiger partial charge on any atom is 0.163 e. The summed E-state index contributed by atoms with van der Waals surface area (Å²) < 4.78 is 7.25. The second-order valence-corrected chi connectivity index (χ2v) is 4.99. The van der Waals surface area contributed by atoms with Crippen LogP contribution in [-0.2, 0) is 0 Å². The summed E-state index contributed by atoms with van der Waals surface area (Å²) in [6.45, 7) is 6.13. The largest absolute Gasteiger partial charge is 0.496 e. The quantitative estimate of drug-likeness (QED) is 0.715. The van der Waals surface area contributed by atoms with Gasteiger partial charge in [-0.15, -0.1) is 0 Å². The minimum Gasteiger partial charge on any atom is -0.496 e. The zero-order chi connectivity index (χ0) is 14.3. The van der Waals surface area contributed by atoms with E-state index in [1.807, 2.05) is 23.7 Å². The van der Waals surface area contributed by atoms with Crippen LogP contribution >= 0.6 is 0 Å². The van der Waals surface area contributed by atoms with Crippen molar-refractivity contribution < 1.29 is 4.74 Å². The summed E-state index contributed by atoms with van der Waals surface area (Å²) in [7, 11) is 1.71. The van der Waals surface area contributed by atoms with Crippen molar-refractivity contribution in [1.82, 2.24) is 14.6 Å². The lowest BCUT2D eigenvalue weighted by Gasteiger charge is -2.11. The molecule has 0 aliphatic carbocycles. The molecule has 3 rings (SSSR count). The van der Waals surface area contributed by atoms with Crippen molar-refractivity contribution in [1.29, 1.82) is 0 Å². The molecule has 0 saturated carbocycles. The fourth-order valence-electron chi connectivity index (χ4n) is 2.75. The number of hydrogen-bond donors (Lipinski definition) is 0. The van der Waals surface area contributed by atoms with Crippen molar-refractivity contribution in [2.45, 2.75) is 20.8 Å². The molecule has 2 aromatic heterocycles. The van der Waals surface area contributed by atoms with Crippen LogP contribution in [0.3, 0.4) is 0 Å². The summed E-state index contributed by atoms with van der Waals surface area (Å²) in [4.78, 5) is 4.45. The predicted molar refractivity (Wildman–Crippen MR) is 79.2 cm³/mol. The van der Waals surface area contributed by atoms with E-state index in [4.69, 9.17) is 4.74 Å². The van der Waals surface area contributed by atoms with E-state index < -0.39 is 0 Å². The number of aryl methyl sites for hydroxylation is 3. The number of hydrogen-bond acceptors (Lipinski definition) is 3. The first-order valence-corrected chi connectivity index (χ1v) is 6.57. The predicted octanol–water partition coefficient (Wildman–Crippen LogP) is 3.33. The molecule has 0 aliphatic heterocycles. The molecule has 3 aromatic rings.